The van der Waals surface area contributed by atoms with Crippen LogP contribution in [-0.2, 0) is 0 Å². The zero-order chi connectivity index (χ0) is 23.7. The van der Waals surface area contributed by atoms with Crippen molar-refractivity contribution in [2.45, 2.75) is 66.3 Å². The zero-order valence-corrected chi connectivity index (χ0v) is 21.7. The van der Waals surface area contributed by atoms with Gasteiger partial charge in [-0.1, -0.05) is 37.3 Å². The molecule has 1 aliphatic heterocycles. The van der Waals surface area contributed by atoms with Crippen molar-refractivity contribution in [3.8, 4) is 0 Å². The van der Waals surface area contributed by atoms with Crippen LogP contribution < -0.4 is 0 Å². The first-order chi connectivity index (χ1) is 15.3. The van der Waals surface area contributed by atoms with E-state index in [1.54, 1.807) is 5.57 Å². The fourth-order valence-corrected chi connectivity index (χ4v) is 4.67. The molecule has 0 aromatic carbocycles. The van der Waals surface area contributed by atoms with Crippen molar-refractivity contribution < 1.29 is 0 Å². The molecule has 178 valence electrons. The molecule has 4 heteroatoms. The van der Waals surface area contributed by atoms with Crippen LogP contribution in [0.1, 0.15) is 60.3 Å². The molecule has 1 unspecified atom stereocenters. The van der Waals surface area contributed by atoms with E-state index in [0.29, 0.717) is 6.04 Å². The Hall–Kier alpha value is -1.91. The minimum absolute atomic E-state index is 0.453. The van der Waals surface area contributed by atoms with Crippen LogP contribution in [0.15, 0.2) is 64.0 Å². The summed E-state index contributed by atoms with van der Waals surface area (Å²) in [6.07, 6.45) is 13.6. The average Bonchev–Trinajstić information content (AvgIpc) is 2.76. The third-order valence-corrected chi connectivity index (χ3v) is 6.57. The summed E-state index contributed by atoms with van der Waals surface area (Å²) in [4.78, 5) is 12.2. The van der Waals surface area contributed by atoms with E-state index < -0.39 is 0 Å². The van der Waals surface area contributed by atoms with E-state index in [1.165, 1.54) is 30.4 Å². The number of aliphatic imine (C=N–C) groups is 1. The minimum Gasteiger partial charge on any atom is -0.354 e. The van der Waals surface area contributed by atoms with Gasteiger partial charge in [0.15, 0.2) is 0 Å². The van der Waals surface area contributed by atoms with Gasteiger partial charge in [-0.2, -0.15) is 0 Å². The Morgan fingerprint density at radius 1 is 1.19 bits per heavy atom. The molecule has 1 saturated heterocycles. The maximum absolute atomic E-state index is 4.87. The molecule has 0 radical (unpaired) electrons. The molecule has 1 atom stereocenters. The van der Waals surface area contributed by atoms with Gasteiger partial charge in [-0.3, -0.25) is 4.90 Å². The van der Waals surface area contributed by atoms with E-state index in [1.807, 2.05) is 0 Å². The molecule has 0 amide bonds. The van der Waals surface area contributed by atoms with Gasteiger partial charge >= 0.3 is 0 Å². The lowest BCUT2D eigenvalue weighted by atomic mass is 9.81. The van der Waals surface area contributed by atoms with E-state index in [2.05, 4.69) is 94.3 Å². The lowest BCUT2D eigenvalue weighted by molar-refractivity contribution is 0.185. The van der Waals surface area contributed by atoms with Gasteiger partial charge in [0, 0.05) is 44.5 Å². The molecule has 0 N–H and O–H groups in total. The first-order valence-corrected chi connectivity index (χ1v) is 12.3. The maximum atomic E-state index is 4.87. The number of rotatable bonds is 8. The van der Waals surface area contributed by atoms with Crippen molar-refractivity contribution in [1.29, 1.82) is 0 Å². The average molecular weight is 439 g/mol. The largest absolute Gasteiger partial charge is 0.354 e. The molecule has 1 saturated carbocycles. The lowest BCUT2D eigenvalue weighted by Gasteiger charge is -2.37. The van der Waals surface area contributed by atoms with Gasteiger partial charge in [-0.15, -0.1) is 0 Å². The van der Waals surface area contributed by atoms with Gasteiger partial charge in [0.05, 0.1) is 0 Å². The van der Waals surface area contributed by atoms with Gasteiger partial charge < -0.3 is 9.80 Å². The predicted molar refractivity (Wildman–Crippen MR) is 141 cm³/mol. The van der Waals surface area contributed by atoms with Gasteiger partial charge in [0.1, 0.15) is 5.82 Å². The summed E-state index contributed by atoms with van der Waals surface area (Å²) >= 11 is 0. The van der Waals surface area contributed by atoms with Crippen molar-refractivity contribution in [1.82, 2.24) is 14.7 Å². The molecule has 0 spiro atoms. The van der Waals surface area contributed by atoms with Gasteiger partial charge in [-0.05, 0) is 90.3 Å². The summed E-state index contributed by atoms with van der Waals surface area (Å²) in [5.41, 5.74) is 6.80. The summed E-state index contributed by atoms with van der Waals surface area (Å²) in [5.74, 6) is 1.06. The number of likely N-dealkylation sites (N-methyl/N-ethyl adjacent to an activating group) is 2. The zero-order valence-electron chi connectivity index (χ0n) is 21.7. The molecule has 2 rings (SSSR count). The Labute approximate surface area is 197 Å². The second kappa shape index (κ2) is 13.0. The van der Waals surface area contributed by atoms with Crippen LogP contribution in [0.5, 0.6) is 0 Å². The lowest BCUT2D eigenvalue weighted by Crippen LogP contribution is -2.43. The van der Waals surface area contributed by atoms with Crippen molar-refractivity contribution in [3.63, 3.8) is 0 Å². The topological polar surface area (TPSA) is 22.1 Å². The summed E-state index contributed by atoms with van der Waals surface area (Å²) in [6, 6.07) is 0.453. The predicted octanol–water partition coefficient (Wildman–Crippen LogP) is 5.83. The molecule has 0 aromatic rings. The number of allylic oxidation sites excluding steroid dienone is 4. The van der Waals surface area contributed by atoms with Crippen LogP contribution in [0, 0.1) is 0 Å². The molecule has 2 aliphatic rings. The number of hydrogen-bond donors (Lipinski definition) is 0. The van der Waals surface area contributed by atoms with E-state index in [4.69, 9.17) is 4.99 Å². The van der Waals surface area contributed by atoms with Gasteiger partial charge in [0.25, 0.3) is 0 Å². The first-order valence-electron chi connectivity index (χ1n) is 12.3. The first kappa shape index (κ1) is 26.3. The van der Waals surface area contributed by atoms with Crippen LogP contribution in [0.2, 0.25) is 0 Å². The van der Waals surface area contributed by atoms with Crippen molar-refractivity contribution in [3.05, 3.63) is 59.0 Å². The van der Waals surface area contributed by atoms with Crippen LogP contribution in [-0.4, -0.2) is 73.3 Å². The number of nitrogens with zero attached hydrogens (tertiary/aromatic N) is 4. The van der Waals surface area contributed by atoms with Gasteiger partial charge in [0.2, 0.25) is 0 Å². The smallest absolute Gasteiger partial charge is 0.128 e. The molecule has 4 nitrogen and oxygen atoms in total. The Morgan fingerprint density at radius 3 is 2.47 bits per heavy atom. The quantitative estimate of drug-likeness (QED) is 0.352. The van der Waals surface area contributed by atoms with E-state index in [0.717, 1.165) is 56.3 Å². The molecule has 2 fully saturated rings. The maximum Gasteiger partial charge on any atom is 0.128 e. The van der Waals surface area contributed by atoms with E-state index >= 15 is 0 Å². The fourth-order valence-electron chi connectivity index (χ4n) is 4.67. The third-order valence-electron chi connectivity index (χ3n) is 6.57. The van der Waals surface area contributed by atoms with Crippen molar-refractivity contribution >= 4 is 5.71 Å². The Balaban J connectivity index is 2.21. The number of hydrogen-bond acceptors (Lipinski definition) is 4. The molecule has 32 heavy (non-hydrogen) atoms. The number of piperazine rings is 1. The Kier molecular flexibility index (Phi) is 10.7. The Bertz CT molecular complexity index is 784. The summed E-state index contributed by atoms with van der Waals surface area (Å²) in [7, 11) is 4.45. The third kappa shape index (κ3) is 7.60. The van der Waals surface area contributed by atoms with Crippen molar-refractivity contribution in [2.75, 3.05) is 46.8 Å². The highest BCUT2D eigenvalue weighted by Gasteiger charge is 2.27. The van der Waals surface area contributed by atoms with Crippen LogP contribution in [0.4, 0.5) is 0 Å². The standard InChI is InChI=1S/C28H46N4/c1-9-11-13-25-14-12-15-26(28(25)24(6)10-2)31(8)21-23(5)20-27(29-22(3)4)32-18-16-30(7)17-19-32/h9,11,13,20,26H,5,10,12,14-19,21H2,1-4,6-8H3/b11-9-,25-13-,27-20+,28-24-. The summed E-state index contributed by atoms with van der Waals surface area (Å²) in [5, 5.41) is 0. The molecule has 0 aromatic heterocycles. The molecule has 1 aliphatic carbocycles. The molecule has 0 bridgehead atoms. The summed E-state index contributed by atoms with van der Waals surface area (Å²) < 4.78 is 0. The van der Waals surface area contributed by atoms with Crippen LogP contribution >= 0.6 is 0 Å². The van der Waals surface area contributed by atoms with Crippen LogP contribution in [0.25, 0.3) is 0 Å². The van der Waals surface area contributed by atoms with Crippen molar-refractivity contribution in [2.24, 2.45) is 4.99 Å². The highest BCUT2D eigenvalue weighted by molar-refractivity contribution is 5.80. The summed E-state index contributed by atoms with van der Waals surface area (Å²) in [6.45, 7) is 20.3. The second-order valence-electron chi connectivity index (χ2n) is 9.60. The van der Waals surface area contributed by atoms with E-state index in [-0.39, 0.29) is 0 Å². The normalized spacial score (nSPS) is 23.9. The van der Waals surface area contributed by atoms with Gasteiger partial charge in [-0.25, -0.2) is 4.99 Å². The molecular weight excluding hydrogens is 392 g/mol. The molecule has 1 heterocycles. The SMILES string of the molecule is C=C(/C=C(\N=C(C)C)N1CCN(C)CC1)CN(C)C1CCCC(=C/C=C\C)/C1=C(\C)CC. The monoisotopic (exact) mass is 438 g/mol. The fraction of sp³-hybridized carbons (Fsp3) is 0.607. The molecular formula is C28H46N4. The van der Waals surface area contributed by atoms with E-state index in [9.17, 15) is 0 Å². The highest BCUT2D eigenvalue weighted by Crippen LogP contribution is 2.35. The minimum atomic E-state index is 0.453. The van der Waals surface area contributed by atoms with Crippen LogP contribution in [0.3, 0.4) is 0 Å². The second-order valence-corrected chi connectivity index (χ2v) is 9.60. The highest BCUT2D eigenvalue weighted by atomic mass is 15.3. The Morgan fingerprint density at radius 2 is 1.88 bits per heavy atom.